The molecule has 1 aromatic carbocycles. The molecule has 0 aliphatic rings. The Morgan fingerprint density at radius 3 is 2.42 bits per heavy atom. The van der Waals surface area contributed by atoms with Crippen LogP contribution in [0.3, 0.4) is 0 Å². The van der Waals surface area contributed by atoms with Gasteiger partial charge in [0.15, 0.2) is 11.5 Å². The van der Waals surface area contributed by atoms with Crippen molar-refractivity contribution in [1.82, 2.24) is 0 Å². The van der Waals surface area contributed by atoms with Gasteiger partial charge in [0.25, 0.3) is 0 Å². The number of rotatable bonds is 5. The second-order valence-corrected chi connectivity index (χ2v) is 7.60. The molecule has 0 aliphatic carbocycles. The van der Waals surface area contributed by atoms with Gasteiger partial charge >= 0.3 is 0 Å². The number of halogens is 2. The molecule has 0 fully saturated rings. The first-order chi connectivity index (χ1) is 9.13. The van der Waals surface area contributed by atoms with Crippen LogP contribution in [0.15, 0.2) is 34.1 Å². The summed E-state index contributed by atoms with van der Waals surface area (Å²) in [6.07, 6.45) is 0.910. The second-order valence-electron chi connectivity index (χ2n) is 4.00. The molecule has 0 amide bonds. The summed E-state index contributed by atoms with van der Waals surface area (Å²) >= 11 is 8.97. The monoisotopic (exact) mass is 404 g/mol. The van der Waals surface area contributed by atoms with Gasteiger partial charge in [-0.05, 0) is 52.2 Å². The number of ether oxygens (including phenoxy) is 2. The van der Waals surface area contributed by atoms with Crippen LogP contribution in [0.4, 0.5) is 0 Å². The van der Waals surface area contributed by atoms with Crippen molar-refractivity contribution >= 4 is 43.2 Å². The number of hydrogen-bond donors (Lipinski definition) is 0. The lowest BCUT2D eigenvalue weighted by Gasteiger charge is -2.11. The van der Waals surface area contributed by atoms with E-state index < -0.39 is 0 Å². The molecular weight excluding hydrogens is 392 g/mol. The second kappa shape index (κ2) is 6.77. The van der Waals surface area contributed by atoms with Crippen molar-refractivity contribution in [2.24, 2.45) is 0 Å². The maximum atomic E-state index is 5.32. The van der Waals surface area contributed by atoms with Crippen LogP contribution in [0.25, 0.3) is 0 Å². The predicted molar refractivity (Wildman–Crippen MR) is 86.9 cm³/mol. The summed E-state index contributed by atoms with van der Waals surface area (Å²) < 4.78 is 11.7. The van der Waals surface area contributed by atoms with Gasteiger partial charge in [-0.1, -0.05) is 22.0 Å². The fourth-order valence-corrected chi connectivity index (χ4v) is 4.02. The van der Waals surface area contributed by atoms with Gasteiger partial charge in [-0.25, -0.2) is 0 Å². The zero-order valence-electron chi connectivity index (χ0n) is 10.7. The predicted octanol–water partition coefficient (Wildman–Crippen LogP) is 5.21. The van der Waals surface area contributed by atoms with E-state index in [-0.39, 0.29) is 0 Å². The quantitative estimate of drug-likeness (QED) is 0.636. The first kappa shape index (κ1) is 14.9. The standard InChI is InChI=1S/C14H14Br2O2S/c1-17-11-4-3-9(8-12(11)18-2)7-10(15)13-5-6-14(16)19-13/h3-6,8,10H,7H2,1-2H3. The van der Waals surface area contributed by atoms with Crippen molar-refractivity contribution in [2.45, 2.75) is 11.2 Å². The van der Waals surface area contributed by atoms with E-state index in [1.54, 1.807) is 25.6 Å². The van der Waals surface area contributed by atoms with Gasteiger partial charge in [0.2, 0.25) is 0 Å². The molecule has 102 valence electrons. The summed E-state index contributed by atoms with van der Waals surface area (Å²) in [6, 6.07) is 10.2. The van der Waals surface area contributed by atoms with Gasteiger partial charge in [0.1, 0.15) is 0 Å². The van der Waals surface area contributed by atoms with Crippen molar-refractivity contribution in [3.05, 3.63) is 44.6 Å². The van der Waals surface area contributed by atoms with Gasteiger partial charge < -0.3 is 9.47 Å². The smallest absolute Gasteiger partial charge is 0.160 e. The van der Waals surface area contributed by atoms with Crippen LogP contribution in [0.1, 0.15) is 15.3 Å². The Labute approximate surface area is 134 Å². The van der Waals surface area contributed by atoms with Crippen molar-refractivity contribution < 1.29 is 9.47 Å². The Kier molecular flexibility index (Phi) is 5.30. The van der Waals surface area contributed by atoms with Crippen LogP contribution in [-0.2, 0) is 6.42 Å². The maximum Gasteiger partial charge on any atom is 0.160 e. The molecule has 0 saturated carbocycles. The van der Waals surface area contributed by atoms with Gasteiger partial charge in [-0.2, -0.15) is 0 Å². The van der Waals surface area contributed by atoms with E-state index in [4.69, 9.17) is 9.47 Å². The van der Waals surface area contributed by atoms with Gasteiger partial charge in [-0.15, -0.1) is 11.3 Å². The summed E-state index contributed by atoms with van der Waals surface area (Å²) in [4.78, 5) is 1.61. The molecule has 1 aromatic heterocycles. The van der Waals surface area contributed by atoms with E-state index in [0.717, 1.165) is 21.7 Å². The number of alkyl halides is 1. The Balaban J connectivity index is 2.14. The highest BCUT2D eigenvalue weighted by molar-refractivity contribution is 9.11. The van der Waals surface area contributed by atoms with E-state index >= 15 is 0 Å². The molecule has 0 bridgehead atoms. The van der Waals surface area contributed by atoms with E-state index in [1.165, 1.54) is 10.4 Å². The molecule has 19 heavy (non-hydrogen) atoms. The van der Waals surface area contributed by atoms with Crippen LogP contribution in [0.2, 0.25) is 0 Å². The Bertz CT molecular complexity index is 554. The molecular formula is C14H14Br2O2S. The van der Waals surface area contributed by atoms with Crippen molar-refractivity contribution in [1.29, 1.82) is 0 Å². The van der Waals surface area contributed by atoms with E-state index in [9.17, 15) is 0 Å². The zero-order chi connectivity index (χ0) is 13.8. The third-order valence-corrected chi connectivity index (χ3v) is 5.62. The highest BCUT2D eigenvalue weighted by atomic mass is 79.9. The zero-order valence-corrected chi connectivity index (χ0v) is 14.6. The molecule has 0 aliphatic heterocycles. The SMILES string of the molecule is COc1ccc(CC(Br)c2ccc(Br)s2)cc1OC. The lowest BCUT2D eigenvalue weighted by molar-refractivity contribution is 0.354. The third kappa shape index (κ3) is 3.74. The summed E-state index contributed by atoms with van der Waals surface area (Å²) in [5.41, 5.74) is 1.21. The van der Waals surface area contributed by atoms with E-state index in [2.05, 4.69) is 50.1 Å². The summed E-state index contributed by atoms with van der Waals surface area (Å²) in [6.45, 7) is 0. The van der Waals surface area contributed by atoms with Crippen LogP contribution in [-0.4, -0.2) is 14.2 Å². The van der Waals surface area contributed by atoms with Crippen molar-refractivity contribution in [2.75, 3.05) is 14.2 Å². The highest BCUT2D eigenvalue weighted by Crippen LogP contribution is 2.36. The van der Waals surface area contributed by atoms with Crippen LogP contribution in [0, 0.1) is 0 Å². The van der Waals surface area contributed by atoms with Crippen LogP contribution >= 0.6 is 43.2 Å². The van der Waals surface area contributed by atoms with E-state index in [1.807, 2.05) is 12.1 Å². The number of benzene rings is 1. The summed E-state index contributed by atoms with van der Waals surface area (Å²) in [5.74, 6) is 1.53. The molecule has 2 nitrogen and oxygen atoms in total. The molecule has 0 N–H and O–H groups in total. The molecule has 5 heteroatoms. The molecule has 1 unspecified atom stereocenters. The number of thiophene rings is 1. The third-order valence-electron chi connectivity index (χ3n) is 2.77. The number of hydrogen-bond acceptors (Lipinski definition) is 3. The molecule has 1 atom stereocenters. The fraction of sp³-hybridized carbons (Fsp3) is 0.286. The minimum Gasteiger partial charge on any atom is -0.493 e. The maximum absolute atomic E-state index is 5.32. The Morgan fingerprint density at radius 1 is 1.11 bits per heavy atom. The normalized spacial score (nSPS) is 12.2. The first-order valence-corrected chi connectivity index (χ1v) is 8.26. The molecule has 0 spiro atoms. The summed E-state index contributed by atoms with van der Waals surface area (Å²) in [5, 5.41) is 0. The van der Waals surface area contributed by atoms with Crippen LogP contribution < -0.4 is 9.47 Å². The van der Waals surface area contributed by atoms with Crippen molar-refractivity contribution in [3.63, 3.8) is 0 Å². The fourth-order valence-electron chi connectivity index (χ4n) is 1.81. The Morgan fingerprint density at radius 2 is 1.84 bits per heavy atom. The first-order valence-electron chi connectivity index (χ1n) is 5.74. The molecule has 0 radical (unpaired) electrons. The topological polar surface area (TPSA) is 18.5 Å². The molecule has 0 saturated heterocycles. The highest BCUT2D eigenvalue weighted by Gasteiger charge is 2.12. The van der Waals surface area contributed by atoms with E-state index in [0.29, 0.717) is 4.83 Å². The lowest BCUT2D eigenvalue weighted by atomic mass is 10.1. The van der Waals surface area contributed by atoms with Gasteiger partial charge in [0, 0.05) is 4.88 Å². The number of methoxy groups -OCH3 is 2. The van der Waals surface area contributed by atoms with Gasteiger partial charge in [0.05, 0.1) is 22.8 Å². The Hall–Kier alpha value is -0.520. The minimum absolute atomic E-state index is 0.307. The lowest BCUT2D eigenvalue weighted by Crippen LogP contribution is -1.96. The largest absolute Gasteiger partial charge is 0.493 e. The minimum atomic E-state index is 0.307. The molecule has 1 heterocycles. The molecule has 2 rings (SSSR count). The summed E-state index contributed by atoms with van der Waals surface area (Å²) in [7, 11) is 3.30. The van der Waals surface area contributed by atoms with Crippen LogP contribution in [0.5, 0.6) is 11.5 Å². The van der Waals surface area contributed by atoms with Crippen molar-refractivity contribution in [3.8, 4) is 11.5 Å². The molecule has 2 aromatic rings. The average molecular weight is 406 g/mol. The average Bonchev–Trinajstić information content (AvgIpc) is 2.85. The van der Waals surface area contributed by atoms with Gasteiger partial charge in [-0.3, -0.25) is 0 Å².